The summed E-state index contributed by atoms with van der Waals surface area (Å²) in [6.07, 6.45) is -0.102. The summed E-state index contributed by atoms with van der Waals surface area (Å²) in [6, 6.07) is 17.2. The third-order valence-electron chi connectivity index (χ3n) is 3.88. The number of halogens is 2. The number of amides is 1. The van der Waals surface area contributed by atoms with E-state index in [1.807, 2.05) is 49.4 Å². The number of carbonyl (C=O) groups is 1. The van der Waals surface area contributed by atoms with Crippen molar-refractivity contribution in [3.05, 3.63) is 65.2 Å². The van der Waals surface area contributed by atoms with Crippen LogP contribution in [0.5, 0.6) is 5.75 Å². The van der Waals surface area contributed by atoms with E-state index in [2.05, 4.69) is 15.6 Å². The Bertz CT molecular complexity index is 770. The molecule has 1 atom stereocenters. The number of ether oxygens (including phenoxy) is 1. The van der Waals surface area contributed by atoms with Gasteiger partial charge in [0.25, 0.3) is 0 Å². The second-order valence-electron chi connectivity index (χ2n) is 6.56. The molecule has 2 aromatic carbocycles. The minimum Gasteiger partial charge on any atom is -0.489 e. The van der Waals surface area contributed by atoms with Crippen LogP contribution in [0.1, 0.15) is 12.5 Å². The normalized spacial score (nSPS) is 11.8. The van der Waals surface area contributed by atoms with Gasteiger partial charge in [-0.1, -0.05) is 41.9 Å². The maximum absolute atomic E-state index is 11.9. The number of carbonyl (C=O) groups excluding carboxylic acids is 1. The Balaban J connectivity index is 0.00000420. The highest BCUT2D eigenvalue weighted by atomic mass is 127. The summed E-state index contributed by atoms with van der Waals surface area (Å²) < 4.78 is 5.87. The Labute approximate surface area is 194 Å². The number of guanidine groups is 1. The summed E-state index contributed by atoms with van der Waals surface area (Å²) >= 11 is 5.90. The molecule has 0 aromatic heterocycles. The largest absolute Gasteiger partial charge is 0.489 e. The van der Waals surface area contributed by atoms with Crippen LogP contribution in [0.15, 0.2) is 59.6 Å². The van der Waals surface area contributed by atoms with Crippen molar-refractivity contribution < 1.29 is 9.53 Å². The van der Waals surface area contributed by atoms with E-state index in [0.717, 1.165) is 11.3 Å². The lowest BCUT2D eigenvalue weighted by Crippen LogP contribution is -2.45. The molecule has 29 heavy (non-hydrogen) atoms. The van der Waals surface area contributed by atoms with Crippen LogP contribution >= 0.6 is 35.6 Å². The molecule has 0 spiro atoms. The molecule has 0 radical (unpaired) electrons. The summed E-state index contributed by atoms with van der Waals surface area (Å²) in [5, 5.41) is 6.97. The fourth-order valence-corrected chi connectivity index (χ4v) is 2.40. The van der Waals surface area contributed by atoms with Crippen LogP contribution in [-0.4, -0.2) is 50.1 Å². The van der Waals surface area contributed by atoms with Crippen LogP contribution in [0.3, 0.4) is 0 Å². The smallest absolute Gasteiger partial charge is 0.241 e. The fourth-order valence-electron chi connectivity index (χ4n) is 2.27. The van der Waals surface area contributed by atoms with Gasteiger partial charge in [-0.2, -0.15) is 0 Å². The highest BCUT2D eigenvalue weighted by molar-refractivity contribution is 14.0. The van der Waals surface area contributed by atoms with Crippen LogP contribution in [0.25, 0.3) is 0 Å². The average molecular weight is 531 g/mol. The van der Waals surface area contributed by atoms with Gasteiger partial charge in [-0.3, -0.25) is 4.79 Å². The number of nitrogens with one attached hydrogen (secondary N) is 2. The number of rotatable bonds is 8. The van der Waals surface area contributed by atoms with Gasteiger partial charge in [0.05, 0.1) is 19.6 Å². The number of nitrogens with zero attached hydrogens (tertiary/aromatic N) is 2. The van der Waals surface area contributed by atoms with Crippen molar-refractivity contribution in [2.45, 2.75) is 19.6 Å². The number of aliphatic imine (C=N–C) groups is 1. The third-order valence-corrected chi connectivity index (χ3v) is 4.13. The van der Waals surface area contributed by atoms with Crippen LogP contribution in [0.4, 0.5) is 0 Å². The predicted octanol–water partition coefficient (Wildman–Crippen LogP) is 3.55. The number of likely N-dealkylation sites (N-methyl/N-ethyl adjacent to an activating group) is 1. The van der Waals surface area contributed by atoms with Gasteiger partial charge < -0.3 is 20.3 Å². The predicted molar refractivity (Wildman–Crippen MR) is 129 cm³/mol. The molecular weight excluding hydrogens is 503 g/mol. The molecule has 0 fully saturated rings. The number of hydrogen-bond acceptors (Lipinski definition) is 3. The van der Waals surface area contributed by atoms with Gasteiger partial charge in [-0.15, -0.1) is 24.0 Å². The van der Waals surface area contributed by atoms with Gasteiger partial charge in [-0.05, 0) is 36.8 Å². The molecule has 2 N–H and O–H groups in total. The lowest BCUT2D eigenvalue weighted by Gasteiger charge is -2.19. The summed E-state index contributed by atoms with van der Waals surface area (Å²) in [5.74, 6) is 1.28. The van der Waals surface area contributed by atoms with Crippen molar-refractivity contribution in [1.29, 1.82) is 0 Å². The SMILES string of the molecule is CC(CNC(=NCc1ccccc1)NCC(=O)N(C)C)Oc1ccc(Cl)cc1.I. The van der Waals surface area contributed by atoms with E-state index in [9.17, 15) is 4.79 Å². The van der Waals surface area contributed by atoms with E-state index in [-0.39, 0.29) is 42.5 Å². The van der Waals surface area contributed by atoms with Gasteiger partial charge in [-0.25, -0.2) is 4.99 Å². The molecule has 1 amide bonds. The van der Waals surface area contributed by atoms with Gasteiger partial charge in [0.1, 0.15) is 11.9 Å². The highest BCUT2D eigenvalue weighted by Gasteiger charge is 2.09. The zero-order chi connectivity index (χ0) is 20.4. The first-order valence-corrected chi connectivity index (χ1v) is 9.50. The maximum Gasteiger partial charge on any atom is 0.241 e. The molecule has 0 bridgehead atoms. The van der Waals surface area contributed by atoms with E-state index >= 15 is 0 Å². The Hall–Kier alpha value is -2.00. The second kappa shape index (κ2) is 13.3. The molecule has 158 valence electrons. The average Bonchev–Trinajstić information content (AvgIpc) is 2.69. The quantitative estimate of drug-likeness (QED) is 0.311. The molecule has 0 saturated heterocycles. The van der Waals surface area contributed by atoms with Crippen molar-refractivity contribution in [3.8, 4) is 5.75 Å². The van der Waals surface area contributed by atoms with E-state index < -0.39 is 0 Å². The summed E-state index contributed by atoms with van der Waals surface area (Å²) in [7, 11) is 3.44. The lowest BCUT2D eigenvalue weighted by atomic mass is 10.2. The van der Waals surface area contributed by atoms with E-state index in [1.54, 1.807) is 26.2 Å². The van der Waals surface area contributed by atoms with Crippen LogP contribution in [0.2, 0.25) is 5.02 Å². The molecule has 0 saturated carbocycles. The van der Waals surface area contributed by atoms with Gasteiger partial charge >= 0.3 is 0 Å². The lowest BCUT2D eigenvalue weighted by molar-refractivity contribution is -0.127. The molecule has 0 aliphatic rings. The molecule has 2 aromatic rings. The molecule has 6 nitrogen and oxygen atoms in total. The van der Waals surface area contributed by atoms with Crippen molar-refractivity contribution in [1.82, 2.24) is 15.5 Å². The van der Waals surface area contributed by atoms with E-state index in [4.69, 9.17) is 16.3 Å². The number of benzene rings is 2. The first kappa shape index (κ1) is 25.0. The molecule has 8 heteroatoms. The van der Waals surface area contributed by atoms with Gasteiger partial charge in [0.15, 0.2) is 5.96 Å². The van der Waals surface area contributed by atoms with Crippen LogP contribution in [-0.2, 0) is 11.3 Å². The van der Waals surface area contributed by atoms with E-state index in [0.29, 0.717) is 24.1 Å². The van der Waals surface area contributed by atoms with Crippen molar-refractivity contribution in [2.75, 3.05) is 27.2 Å². The summed E-state index contributed by atoms with van der Waals surface area (Å²) in [5.41, 5.74) is 1.09. The molecule has 1 unspecified atom stereocenters. The highest BCUT2D eigenvalue weighted by Crippen LogP contribution is 2.16. The zero-order valence-corrected chi connectivity index (χ0v) is 20.0. The molecule has 0 aliphatic carbocycles. The summed E-state index contributed by atoms with van der Waals surface area (Å²) in [4.78, 5) is 18.0. The van der Waals surface area contributed by atoms with Crippen molar-refractivity contribution in [2.24, 2.45) is 4.99 Å². The Kier molecular flexibility index (Phi) is 11.5. The monoisotopic (exact) mass is 530 g/mol. The standard InChI is InChI=1S/C21H27ClN4O2.HI/c1-16(28-19-11-9-18(22)10-12-19)13-23-21(25-15-20(27)26(2)3)24-14-17-7-5-4-6-8-17;/h4-12,16H,13-15H2,1-3H3,(H2,23,24,25);1H. The van der Waals surface area contributed by atoms with Crippen LogP contribution < -0.4 is 15.4 Å². The maximum atomic E-state index is 11.9. The molecular formula is C21H28ClIN4O2. The topological polar surface area (TPSA) is 66.0 Å². The molecule has 0 aliphatic heterocycles. The van der Waals surface area contributed by atoms with Crippen molar-refractivity contribution >= 4 is 47.4 Å². The minimum absolute atomic E-state index is 0. The second-order valence-corrected chi connectivity index (χ2v) is 6.99. The first-order chi connectivity index (χ1) is 13.4. The third kappa shape index (κ3) is 9.85. The zero-order valence-electron chi connectivity index (χ0n) is 16.9. The Morgan fingerprint density at radius 3 is 2.38 bits per heavy atom. The van der Waals surface area contributed by atoms with Crippen molar-refractivity contribution in [3.63, 3.8) is 0 Å². The van der Waals surface area contributed by atoms with Gasteiger partial charge in [0, 0.05) is 19.1 Å². The summed E-state index contributed by atoms with van der Waals surface area (Å²) in [6.45, 7) is 3.17. The number of hydrogen-bond donors (Lipinski definition) is 2. The Morgan fingerprint density at radius 2 is 1.76 bits per heavy atom. The molecule has 2 rings (SSSR count). The van der Waals surface area contributed by atoms with Crippen LogP contribution in [0, 0.1) is 0 Å². The minimum atomic E-state index is -0.102. The van der Waals surface area contributed by atoms with Gasteiger partial charge in [0.2, 0.25) is 5.91 Å². The fraction of sp³-hybridized carbons (Fsp3) is 0.333. The van der Waals surface area contributed by atoms with E-state index in [1.165, 1.54) is 4.90 Å². The Morgan fingerprint density at radius 1 is 1.10 bits per heavy atom. The molecule has 0 heterocycles. The first-order valence-electron chi connectivity index (χ1n) is 9.12.